The fourth-order valence-corrected chi connectivity index (χ4v) is 3.19. The van der Waals surface area contributed by atoms with Crippen molar-refractivity contribution in [2.24, 2.45) is 10.9 Å². The number of rotatable bonds is 8. The molecule has 0 spiro atoms. The van der Waals surface area contributed by atoms with Gasteiger partial charge in [0.1, 0.15) is 5.01 Å². The number of hydrogen-bond donors (Lipinski definition) is 2. The van der Waals surface area contributed by atoms with Gasteiger partial charge in [-0.1, -0.05) is 0 Å². The fourth-order valence-electron chi connectivity index (χ4n) is 2.45. The van der Waals surface area contributed by atoms with E-state index in [0.29, 0.717) is 30.0 Å². The number of aromatic nitrogens is 1. The van der Waals surface area contributed by atoms with Gasteiger partial charge in [0, 0.05) is 45.4 Å². The molecule has 0 aliphatic carbocycles. The summed E-state index contributed by atoms with van der Waals surface area (Å²) >= 11 is 0.972. The first-order valence-electron chi connectivity index (χ1n) is 8.60. The van der Waals surface area contributed by atoms with Crippen molar-refractivity contribution in [3.63, 3.8) is 0 Å². The van der Waals surface area contributed by atoms with Crippen LogP contribution in [0.4, 0.5) is 13.2 Å². The van der Waals surface area contributed by atoms with Crippen molar-refractivity contribution in [2.45, 2.75) is 32.0 Å². The molecule has 0 bridgehead atoms. The van der Waals surface area contributed by atoms with Crippen molar-refractivity contribution in [1.29, 1.82) is 0 Å². The summed E-state index contributed by atoms with van der Waals surface area (Å²) in [5, 5.41) is 7.44. The molecule has 1 aromatic heterocycles. The second kappa shape index (κ2) is 12.7. The molecule has 2 rings (SSSR count). The lowest BCUT2D eigenvalue weighted by atomic mass is 10.0. The highest BCUT2D eigenvalue weighted by molar-refractivity contribution is 14.0. The average molecular weight is 522 g/mol. The molecule has 0 atom stereocenters. The molecule has 0 aromatic carbocycles. The Morgan fingerprint density at radius 2 is 2.11 bits per heavy atom. The predicted octanol–water partition coefficient (Wildman–Crippen LogP) is 3.28. The van der Waals surface area contributed by atoms with Crippen molar-refractivity contribution in [2.75, 3.05) is 40.0 Å². The Kier molecular flexibility index (Phi) is 11.5. The van der Waals surface area contributed by atoms with Crippen LogP contribution in [0.15, 0.2) is 10.4 Å². The summed E-state index contributed by atoms with van der Waals surface area (Å²) in [5.41, 5.74) is -0.857. The molecule has 1 fully saturated rings. The number of ether oxygens (including phenoxy) is 2. The third-order valence-electron chi connectivity index (χ3n) is 3.93. The van der Waals surface area contributed by atoms with Crippen LogP contribution in [0.2, 0.25) is 0 Å². The van der Waals surface area contributed by atoms with E-state index in [1.165, 1.54) is 0 Å². The standard InChI is InChI=1S/C16H25F3N4O2S.HI/c1-20-15(22-9-14-23-13(11-26-14)16(17,18)19)21-5-2-6-25-10-12-3-7-24-8-4-12;/h11-12H,2-10H2,1H3,(H2,20,21,22);1H. The van der Waals surface area contributed by atoms with Crippen LogP contribution in [-0.2, 0) is 22.2 Å². The van der Waals surface area contributed by atoms with Crippen LogP contribution in [0.25, 0.3) is 0 Å². The van der Waals surface area contributed by atoms with Crippen LogP contribution in [0.5, 0.6) is 0 Å². The Morgan fingerprint density at radius 1 is 1.37 bits per heavy atom. The largest absolute Gasteiger partial charge is 0.434 e. The molecule has 1 aliphatic heterocycles. The molecule has 0 saturated carbocycles. The van der Waals surface area contributed by atoms with Gasteiger partial charge in [-0.15, -0.1) is 35.3 Å². The summed E-state index contributed by atoms with van der Waals surface area (Å²) in [5.74, 6) is 1.12. The minimum Gasteiger partial charge on any atom is -0.381 e. The van der Waals surface area contributed by atoms with E-state index in [1.54, 1.807) is 7.05 Å². The summed E-state index contributed by atoms with van der Waals surface area (Å²) in [7, 11) is 1.61. The number of guanidine groups is 1. The van der Waals surface area contributed by atoms with E-state index >= 15 is 0 Å². The van der Waals surface area contributed by atoms with Gasteiger partial charge in [-0.05, 0) is 25.2 Å². The summed E-state index contributed by atoms with van der Waals surface area (Å²) in [6.45, 7) is 3.92. The Morgan fingerprint density at radius 3 is 2.74 bits per heavy atom. The molecule has 27 heavy (non-hydrogen) atoms. The lowest BCUT2D eigenvalue weighted by Crippen LogP contribution is -2.37. The van der Waals surface area contributed by atoms with Gasteiger partial charge >= 0.3 is 6.18 Å². The van der Waals surface area contributed by atoms with Gasteiger partial charge in [-0.2, -0.15) is 13.2 Å². The third kappa shape index (κ3) is 9.39. The highest BCUT2D eigenvalue weighted by Gasteiger charge is 2.33. The average Bonchev–Trinajstić information content (AvgIpc) is 3.11. The Bertz CT molecular complexity index is 566. The molecule has 0 amide bonds. The molecule has 1 aromatic rings. The van der Waals surface area contributed by atoms with Crippen LogP contribution >= 0.6 is 35.3 Å². The first kappa shape index (κ1) is 24.4. The lowest BCUT2D eigenvalue weighted by molar-refractivity contribution is -0.140. The van der Waals surface area contributed by atoms with Crippen molar-refractivity contribution in [3.05, 3.63) is 16.1 Å². The Hall–Kier alpha value is -0.660. The van der Waals surface area contributed by atoms with Crippen molar-refractivity contribution < 1.29 is 22.6 Å². The van der Waals surface area contributed by atoms with Crippen molar-refractivity contribution in [3.8, 4) is 0 Å². The maximum absolute atomic E-state index is 12.5. The molecular formula is C16H26F3IN4O2S. The fraction of sp³-hybridized carbons (Fsp3) is 0.750. The normalized spacial score (nSPS) is 16.1. The number of nitrogens with zero attached hydrogens (tertiary/aromatic N) is 2. The molecule has 0 unspecified atom stereocenters. The van der Waals surface area contributed by atoms with Gasteiger partial charge in [0.05, 0.1) is 6.54 Å². The van der Waals surface area contributed by atoms with E-state index in [4.69, 9.17) is 9.47 Å². The Balaban J connectivity index is 0.00000364. The zero-order valence-corrected chi connectivity index (χ0v) is 18.3. The van der Waals surface area contributed by atoms with E-state index in [0.717, 1.165) is 55.8 Å². The zero-order chi connectivity index (χ0) is 18.8. The van der Waals surface area contributed by atoms with Crippen LogP contribution in [0.1, 0.15) is 30.0 Å². The van der Waals surface area contributed by atoms with Crippen LogP contribution in [0, 0.1) is 5.92 Å². The van der Waals surface area contributed by atoms with E-state index in [-0.39, 0.29) is 30.5 Å². The molecule has 6 nitrogen and oxygen atoms in total. The van der Waals surface area contributed by atoms with Gasteiger partial charge in [0.25, 0.3) is 0 Å². The highest BCUT2D eigenvalue weighted by Crippen LogP contribution is 2.29. The van der Waals surface area contributed by atoms with Gasteiger partial charge in [0.2, 0.25) is 0 Å². The third-order valence-corrected chi connectivity index (χ3v) is 4.77. The van der Waals surface area contributed by atoms with Crippen molar-refractivity contribution >= 4 is 41.3 Å². The number of alkyl halides is 3. The number of nitrogens with one attached hydrogen (secondary N) is 2. The summed E-state index contributed by atoms with van der Waals surface area (Å²) in [6, 6.07) is 0. The number of halogens is 4. The van der Waals surface area contributed by atoms with Crippen LogP contribution < -0.4 is 10.6 Å². The second-order valence-corrected chi connectivity index (χ2v) is 6.90. The summed E-state index contributed by atoms with van der Waals surface area (Å²) < 4.78 is 48.6. The van der Waals surface area contributed by atoms with E-state index < -0.39 is 11.9 Å². The van der Waals surface area contributed by atoms with Crippen LogP contribution in [-0.4, -0.2) is 51.0 Å². The summed E-state index contributed by atoms with van der Waals surface area (Å²) in [6.07, 6.45) is -1.47. The monoisotopic (exact) mass is 522 g/mol. The maximum Gasteiger partial charge on any atom is 0.434 e. The molecule has 156 valence electrons. The highest BCUT2D eigenvalue weighted by atomic mass is 127. The molecule has 2 N–H and O–H groups in total. The first-order valence-corrected chi connectivity index (χ1v) is 9.48. The Labute approximate surface area is 178 Å². The number of thiazole rings is 1. The molecule has 0 radical (unpaired) electrons. The molecule has 11 heteroatoms. The number of hydrogen-bond acceptors (Lipinski definition) is 5. The van der Waals surface area contributed by atoms with Crippen LogP contribution in [0.3, 0.4) is 0 Å². The van der Waals surface area contributed by atoms with Gasteiger partial charge in [-0.25, -0.2) is 4.98 Å². The lowest BCUT2D eigenvalue weighted by Gasteiger charge is -2.21. The first-order chi connectivity index (χ1) is 12.5. The molecule has 2 heterocycles. The SMILES string of the molecule is CN=C(NCCCOCC1CCOCC1)NCc1nc(C(F)(F)F)cs1.I. The van der Waals surface area contributed by atoms with E-state index in [9.17, 15) is 13.2 Å². The second-order valence-electron chi connectivity index (χ2n) is 5.96. The number of aliphatic imine (C=N–C) groups is 1. The molecule has 1 aliphatic rings. The van der Waals surface area contributed by atoms with Crippen molar-refractivity contribution in [1.82, 2.24) is 15.6 Å². The smallest absolute Gasteiger partial charge is 0.381 e. The predicted molar refractivity (Wildman–Crippen MR) is 110 cm³/mol. The molecular weight excluding hydrogens is 496 g/mol. The summed E-state index contributed by atoms with van der Waals surface area (Å²) in [4.78, 5) is 7.62. The maximum atomic E-state index is 12.5. The quantitative estimate of drug-likeness (QED) is 0.238. The van der Waals surface area contributed by atoms with E-state index in [2.05, 4.69) is 20.6 Å². The van der Waals surface area contributed by atoms with Gasteiger partial charge in [0.15, 0.2) is 11.7 Å². The minimum absolute atomic E-state index is 0. The van der Waals surface area contributed by atoms with Gasteiger partial charge < -0.3 is 20.1 Å². The van der Waals surface area contributed by atoms with Gasteiger partial charge in [-0.3, -0.25) is 4.99 Å². The van der Waals surface area contributed by atoms with E-state index in [1.807, 2.05) is 0 Å². The topological polar surface area (TPSA) is 67.8 Å². The molecule has 1 saturated heterocycles. The minimum atomic E-state index is -4.40. The zero-order valence-electron chi connectivity index (χ0n) is 15.2.